The van der Waals surface area contributed by atoms with Gasteiger partial charge in [-0.25, -0.2) is 9.78 Å². The number of fused-ring (bicyclic) bond motifs is 2. The van der Waals surface area contributed by atoms with Gasteiger partial charge in [0.05, 0.1) is 5.39 Å². The minimum Gasteiger partial charge on any atom is -0.451 e. The molecule has 4 rings (SSSR count). The Morgan fingerprint density at radius 2 is 1.90 bits per heavy atom. The highest BCUT2D eigenvalue weighted by Gasteiger charge is 2.27. The number of hydrogen-bond acceptors (Lipinski definition) is 6. The first-order chi connectivity index (χ1) is 14.3. The first-order valence-electron chi connectivity index (χ1n) is 10.8. The van der Waals surface area contributed by atoms with E-state index in [-0.39, 0.29) is 18.1 Å². The number of nitrogens with zero attached hydrogens (tertiary/aromatic N) is 3. The monoisotopic (exact) mass is 431 g/mol. The summed E-state index contributed by atoms with van der Waals surface area (Å²) in [5.74, 6) is 0.988. The van der Waals surface area contributed by atoms with Gasteiger partial charge in [0.25, 0.3) is 11.5 Å². The van der Waals surface area contributed by atoms with E-state index in [9.17, 15) is 14.4 Å². The minimum atomic E-state index is -0.554. The zero-order chi connectivity index (χ0) is 21.4. The van der Waals surface area contributed by atoms with E-state index in [1.165, 1.54) is 11.3 Å². The average molecular weight is 432 g/mol. The number of rotatable bonds is 3. The maximum atomic E-state index is 13.0. The molecule has 2 aromatic heterocycles. The maximum Gasteiger partial charge on any atom is 0.349 e. The molecule has 2 aromatic rings. The van der Waals surface area contributed by atoms with E-state index in [4.69, 9.17) is 4.74 Å². The lowest BCUT2D eigenvalue weighted by molar-refractivity contribution is -0.137. The number of likely N-dealkylation sites (tertiary alicyclic amines) is 1. The standard InChI is InChI=1S/C22H29N3O4S/c1-13-9-14(2)11-24(10-13)17(26)12-29-22(28)19-15(3)18-20(30-19)23-16-7-5-4-6-8-25(16)21(18)27/h13-14H,4-12H2,1-3H3. The van der Waals surface area contributed by atoms with Crippen molar-refractivity contribution in [2.45, 2.75) is 59.4 Å². The molecule has 2 atom stereocenters. The van der Waals surface area contributed by atoms with Crippen LogP contribution < -0.4 is 5.56 Å². The highest BCUT2D eigenvalue weighted by molar-refractivity contribution is 7.20. The van der Waals surface area contributed by atoms with Gasteiger partial charge in [0.1, 0.15) is 15.5 Å². The number of thiophene rings is 1. The van der Waals surface area contributed by atoms with E-state index < -0.39 is 5.97 Å². The van der Waals surface area contributed by atoms with Crippen LogP contribution in [-0.2, 0) is 22.5 Å². The Labute approximate surface area is 180 Å². The Balaban J connectivity index is 1.52. The van der Waals surface area contributed by atoms with E-state index in [1.807, 2.05) is 0 Å². The third-order valence-corrected chi connectivity index (χ3v) is 7.31. The van der Waals surface area contributed by atoms with Crippen molar-refractivity contribution in [3.05, 3.63) is 26.6 Å². The summed E-state index contributed by atoms with van der Waals surface area (Å²) in [5.41, 5.74) is 0.529. The SMILES string of the molecule is Cc1c(C(=O)OCC(=O)N2CC(C)CC(C)C2)sc2nc3n(c(=O)c12)CCCCC3. The largest absolute Gasteiger partial charge is 0.451 e. The third kappa shape index (κ3) is 4.02. The number of piperidine rings is 1. The van der Waals surface area contributed by atoms with Crippen LogP contribution in [-0.4, -0.2) is 46.0 Å². The lowest BCUT2D eigenvalue weighted by Crippen LogP contribution is -2.44. The van der Waals surface area contributed by atoms with Gasteiger partial charge in [0.2, 0.25) is 0 Å². The Bertz CT molecular complexity index is 1030. The molecule has 7 nitrogen and oxygen atoms in total. The molecule has 0 saturated carbocycles. The topological polar surface area (TPSA) is 81.5 Å². The molecule has 2 unspecified atom stereocenters. The van der Waals surface area contributed by atoms with Crippen LogP contribution in [0.3, 0.4) is 0 Å². The van der Waals surface area contributed by atoms with Crippen molar-refractivity contribution in [3.63, 3.8) is 0 Å². The van der Waals surface area contributed by atoms with Gasteiger partial charge in [-0.3, -0.25) is 14.2 Å². The van der Waals surface area contributed by atoms with Crippen molar-refractivity contribution in [1.29, 1.82) is 0 Å². The fraction of sp³-hybridized carbons (Fsp3) is 0.636. The van der Waals surface area contributed by atoms with Crippen molar-refractivity contribution in [1.82, 2.24) is 14.5 Å². The number of amides is 1. The molecular weight excluding hydrogens is 402 g/mol. The first-order valence-corrected chi connectivity index (χ1v) is 11.6. The molecular formula is C22H29N3O4S. The van der Waals surface area contributed by atoms with Crippen LogP contribution in [0.2, 0.25) is 0 Å². The van der Waals surface area contributed by atoms with Crippen molar-refractivity contribution >= 4 is 33.4 Å². The molecule has 0 spiro atoms. The molecule has 4 heterocycles. The molecule has 0 N–H and O–H groups in total. The van der Waals surface area contributed by atoms with Crippen molar-refractivity contribution in [2.75, 3.05) is 19.7 Å². The van der Waals surface area contributed by atoms with Crippen LogP contribution in [0.25, 0.3) is 10.2 Å². The zero-order valence-electron chi connectivity index (χ0n) is 17.9. The van der Waals surface area contributed by atoms with E-state index in [0.717, 1.165) is 37.9 Å². The van der Waals surface area contributed by atoms with Gasteiger partial charge in [0.15, 0.2) is 6.61 Å². The number of hydrogen-bond donors (Lipinski definition) is 0. The second kappa shape index (κ2) is 8.49. The second-order valence-electron chi connectivity index (χ2n) is 8.85. The summed E-state index contributed by atoms with van der Waals surface area (Å²) in [5, 5.41) is 0.502. The summed E-state index contributed by atoms with van der Waals surface area (Å²) in [6.07, 6.45) is 4.97. The highest BCUT2D eigenvalue weighted by Crippen LogP contribution is 2.29. The summed E-state index contributed by atoms with van der Waals surface area (Å²) in [6, 6.07) is 0. The molecule has 1 fully saturated rings. The molecule has 1 saturated heterocycles. The van der Waals surface area contributed by atoms with E-state index in [2.05, 4.69) is 18.8 Å². The lowest BCUT2D eigenvalue weighted by Gasteiger charge is -2.34. The summed E-state index contributed by atoms with van der Waals surface area (Å²) >= 11 is 1.19. The molecule has 0 bridgehead atoms. The number of carbonyl (C=O) groups excluding carboxylic acids is 2. The lowest BCUT2D eigenvalue weighted by atomic mass is 9.92. The average Bonchev–Trinajstić information content (AvgIpc) is 2.87. The van der Waals surface area contributed by atoms with Gasteiger partial charge in [-0.15, -0.1) is 11.3 Å². The fourth-order valence-corrected chi connectivity index (χ4v) is 5.84. The van der Waals surface area contributed by atoms with Crippen molar-refractivity contribution in [2.24, 2.45) is 11.8 Å². The van der Waals surface area contributed by atoms with Gasteiger partial charge >= 0.3 is 5.97 Å². The number of aromatic nitrogens is 2. The smallest absolute Gasteiger partial charge is 0.349 e. The number of ether oxygens (including phenoxy) is 1. The normalized spacial score (nSPS) is 21.9. The van der Waals surface area contributed by atoms with Gasteiger partial charge in [-0.05, 0) is 43.6 Å². The van der Waals surface area contributed by atoms with Crippen LogP contribution in [0, 0.1) is 18.8 Å². The summed E-state index contributed by atoms with van der Waals surface area (Å²) in [4.78, 5) is 45.7. The molecule has 8 heteroatoms. The minimum absolute atomic E-state index is 0.0722. The van der Waals surface area contributed by atoms with Crippen LogP contribution in [0.1, 0.15) is 60.6 Å². The van der Waals surface area contributed by atoms with Gasteiger partial charge in [-0.1, -0.05) is 20.3 Å². The molecule has 0 aromatic carbocycles. The molecule has 2 aliphatic rings. The van der Waals surface area contributed by atoms with E-state index >= 15 is 0 Å². The maximum absolute atomic E-state index is 13.0. The Kier molecular flexibility index (Phi) is 5.95. The predicted octanol–water partition coefficient (Wildman–Crippen LogP) is 3.15. The highest BCUT2D eigenvalue weighted by atomic mass is 32.1. The van der Waals surface area contributed by atoms with Crippen molar-refractivity contribution in [3.8, 4) is 0 Å². The Morgan fingerprint density at radius 3 is 2.63 bits per heavy atom. The zero-order valence-corrected chi connectivity index (χ0v) is 18.7. The van der Waals surface area contributed by atoms with Crippen LogP contribution in [0.15, 0.2) is 4.79 Å². The molecule has 30 heavy (non-hydrogen) atoms. The molecule has 162 valence electrons. The van der Waals surface area contributed by atoms with Crippen LogP contribution >= 0.6 is 11.3 Å². The third-order valence-electron chi connectivity index (χ3n) is 6.15. The molecule has 1 amide bonds. The first kappa shape index (κ1) is 21.0. The number of carbonyl (C=O) groups is 2. The molecule has 2 aliphatic heterocycles. The predicted molar refractivity (Wildman–Crippen MR) is 116 cm³/mol. The molecule has 0 aliphatic carbocycles. The molecule has 0 radical (unpaired) electrons. The van der Waals surface area contributed by atoms with E-state index in [0.29, 0.717) is 52.1 Å². The Morgan fingerprint density at radius 1 is 1.17 bits per heavy atom. The Hall–Kier alpha value is -2.22. The van der Waals surface area contributed by atoms with Crippen LogP contribution in [0.4, 0.5) is 0 Å². The summed E-state index contributed by atoms with van der Waals surface area (Å²) in [6.45, 7) is 7.84. The van der Waals surface area contributed by atoms with Gasteiger partial charge in [-0.2, -0.15) is 0 Å². The second-order valence-corrected chi connectivity index (χ2v) is 9.85. The van der Waals surface area contributed by atoms with Gasteiger partial charge in [0, 0.05) is 26.1 Å². The number of esters is 1. The summed E-state index contributed by atoms with van der Waals surface area (Å²) in [7, 11) is 0. The quantitative estimate of drug-likeness (QED) is 0.698. The van der Waals surface area contributed by atoms with Crippen molar-refractivity contribution < 1.29 is 14.3 Å². The van der Waals surface area contributed by atoms with E-state index in [1.54, 1.807) is 16.4 Å². The van der Waals surface area contributed by atoms with Gasteiger partial charge < -0.3 is 9.64 Å². The fourth-order valence-electron chi connectivity index (χ4n) is 4.76. The summed E-state index contributed by atoms with van der Waals surface area (Å²) < 4.78 is 7.11. The van der Waals surface area contributed by atoms with Crippen LogP contribution in [0.5, 0.6) is 0 Å². The number of aryl methyl sites for hydroxylation is 2.